The molecule has 0 spiro atoms. The molecular weight excluding hydrogens is 521 g/mol. The summed E-state index contributed by atoms with van der Waals surface area (Å²) in [4.78, 5) is 7.04. The lowest BCUT2D eigenvalue weighted by Gasteiger charge is -2.34. The van der Waals surface area contributed by atoms with E-state index in [0.717, 1.165) is 49.1 Å². The van der Waals surface area contributed by atoms with Crippen molar-refractivity contribution in [2.45, 2.75) is 38.9 Å². The zero-order valence-electron chi connectivity index (χ0n) is 19.3. The van der Waals surface area contributed by atoms with Gasteiger partial charge in [0.25, 0.3) is 0 Å². The average Bonchev–Trinajstić information content (AvgIpc) is 3.32. The predicted molar refractivity (Wildman–Crippen MR) is 135 cm³/mol. The number of aliphatic imine (C=N–C) groups is 1. The van der Waals surface area contributed by atoms with Crippen LogP contribution in [0.1, 0.15) is 38.0 Å². The van der Waals surface area contributed by atoms with Crippen LogP contribution in [0.5, 0.6) is 11.5 Å². The molecule has 0 amide bonds. The number of morpholine rings is 1. The van der Waals surface area contributed by atoms with Crippen molar-refractivity contribution in [1.82, 2.24) is 20.0 Å². The Morgan fingerprint density at radius 3 is 2.97 bits per heavy atom. The second kappa shape index (κ2) is 10.7. The molecule has 1 atom stereocenters. The van der Waals surface area contributed by atoms with Gasteiger partial charge in [0.15, 0.2) is 17.5 Å². The third kappa shape index (κ3) is 5.86. The number of aryl methyl sites for hydroxylation is 1. The second-order valence-corrected chi connectivity index (χ2v) is 8.62. The van der Waals surface area contributed by atoms with Gasteiger partial charge in [-0.2, -0.15) is 5.10 Å². The molecule has 0 saturated carbocycles. The van der Waals surface area contributed by atoms with Crippen LogP contribution in [-0.4, -0.2) is 65.6 Å². The molecule has 3 heterocycles. The first-order valence-corrected chi connectivity index (χ1v) is 11.0. The number of halogens is 1. The van der Waals surface area contributed by atoms with Gasteiger partial charge in [-0.1, -0.05) is 12.1 Å². The van der Waals surface area contributed by atoms with Gasteiger partial charge in [-0.3, -0.25) is 4.68 Å². The molecule has 176 valence electrons. The molecule has 0 radical (unpaired) electrons. The molecule has 2 aliphatic heterocycles. The molecular formula is C23H34IN5O3. The van der Waals surface area contributed by atoms with E-state index in [1.54, 1.807) is 4.68 Å². The number of aromatic nitrogens is 2. The van der Waals surface area contributed by atoms with Crippen LogP contribution in [0, 0.1) is 0 Å². The standard InChI is InChI=1S/C23H33N5O3.HI/c1-5-24-22(28-10-12-30-20(16-28)18-14-26-27(4)15-18)25-9-11-29-19-8-6-7-17-13-23(2,3)31-21(17)19;/h6-8,14-15,20H,5,9-13,16H2,1-4H3,(H,24,25);1H. The molecule has 32 heavy (non-hydrogen) atoms. The fourth-order valence-electron chi connectivity index (χ4n) is 4.08. The van der Waals surface area contributed by atoms with Crippen molar-refractivity contribution < 1.29 is 14.2 Å². The van der Waals surface area contributed by atoms with E-state index in [1.165, 1.54) is 5.56 Å². The molecule has 4 rings (SSSR count). The molecule has 9 heteroatoms. The molecule has 8 nitrogen and oxygen atoms in total. The van der Waals surface area contributed by atoms with Gasteiger partial charge >= 0.3 is 0 Å². The number of hydrogen-bond donors (Lipinski definition) is 1. The molecule has 1 N–H and O–H groups in total. The Labute approximate surface area is 207 Å². The summed E-state index contributed by atoms with van der Waals surface area (Å²) < 4.78 is 19.9. The van der Waals surface area contributed by atoms with Crippen molar-refractivity contribution in [1.29, 1.82) is 0 Å². The van der Waals surface area contributed by atoms with Gasteiger partial charge in [0.1, 0.15) is 18.3 Å². The molecule has 2 aromatic rings. The maximum Gasteiger partial charge on any atom is 0.194 e. The van der Waals surface area contributed by atoms with E-state index >= 15 is 0 Å². The van der Waals surface area contributed by atoms with Crippen molar-refractivity contribution in [3.05, 3.63) is 41.7 Å². The van der Waals surface area contributed by atoms with Gasteiger partial charge in [-0.25, -0.2) is 4.99 Å². The topological polar surface area (TPSA) is 73.1 Å². The smallest absolute Gasteiger partial charge is 0.194 e. The lowest BCUT2D eigenvalue weighted by Crippen LogP contribution is -2.48. The molecule has 1 saturated heterocycles. The SMILES string of the molecule is CCNC(=NCCOc1cccc2c1OC(C)(C)C2)N1CCOC(c2cnn(C)c2)C1.I. The average molecular weight is 555 g/mol. The van der Waals surface area contributed by atoms with Crippen LogP contribution in [-0.2, 0) is 18.2 Å². The minimum absolute atomic E-state index is 0. The Hall–Kier alpha value is -2.01. The van der Waals surface area contributed by atoms with E-state index in [1.807, 2.05) is 31.6 Å². The van der Waals surface area contributed by atoms with Crippen molar-refractivity contribution in [2.75, 3.05) is 39.4 Å². The molecule has 1 fully saturated rings. The van der Waals surface area contributed by atoms with E-state index < -0.39 is 0 Å². The van der Waals surface area contributed by atoms with Crippen molar-refractivity contribution in [3.63, 3.8) is 0 Å². The first-order chi connectivity index (χ1) is 14.9. The van der Waals surface area contributed by atoms with Crippen molar-refractivity contribution >= 4 is 29.9 Å². The largest absolute Gasteiger partial charge is 0.488 e. The fraction of sp³-hybridized carbons (Fsp3) is 0.565. The molecule has 2 aliphatic rings. The van der Waals surface area contributed by atoms with Crippen LogP contribution in [0.25, 0.3) is 0 Å². The third-order valence-corrected chi connectivity index (χ3v) is 5.46. The van der Waals surface area contributed by atoms with Gasteiger partial charge in [0.2, 0.25) is 0 Å². The monoisotopic (exact) mass is 555 g/mol. The lowest BCUT2D eigenvalue weighted by molar-refractivity contribution is -0.00805. The zero-order chi connectivity index (χ0) is 21.8. The molecule has 1 aromatic carbocycles. The lowest BCUT2D eigenvalue weighted by atomic mass is 10.0. The summed E-state index contributed by atoms with van der Waals surface area (Å²) in [5.41, 5.74) is 2.11. The predicted octanol–water partition coefficient (Wildman–Crippen LogP) is 3.17. The van der Waals surface area contributed by atoms with E-state index in [2.05, 4.69) is 42.2 Å². The summed E-state index contributed by atoms with van der Waals surface area (Å²) in [5.74, 6) is 2.56. The highest BCUT2D eigenvalue weighted by molar-refractivity contribution is 14.0. The summed E-state index contributed by atoms with van der Waals surface area (Å²) in [6.07, 6.45) is 4.77. The minimum atomic E-state index is -0.181. The zero-order valence-corrected chi connectivity index (χ0v) is 21.7. The first kappa shape index (κ1) is 24.6. The van der Waals surface area contributed by atoms with E-state index in [9.17, 15) is 0 Å². The quantitative estimate of drug-likeness (QED) is 0.256. The van der Waals surface area contributed by atoms with Crippen LogP contribution in [0.4, 0.5) is 0 Å². The number of guanidine groups is 1. The van der Waals surface area contributed by atoms with Gasteiger partial charge < -0.3 is 24.4 Å². The minimum Gasteiger partial charge on any atom is -0.488 e. The Morgan fingerprint density at radius 2 is 2.22 bits per heavy atom. The van der Waals surface area contributed by atoms with Gasteiger partial charge in [-0.15, -0.1) is 24.0 Å². The molecule has 1 aromatic heterocycles. The highest BCUT2D eigenvalue weighted by Gasteiger charge is 2.32. The van der Waals surface area contributed by atoms with Crippen molar-refractivity contribution in [3.8, 4) is 11.5 Å². The summed E-state index contributed by atoms with van der Waals surface area (Å²) in [6.45, 7) is 10.3. The normalized spacial score (nSPS) is 19.7. The summed E-state index contributed by atoms with van der Waals surface area (Å²) in [5, 5.41) is 7.67. The highest BCUT2D eigenvalue weighted by Crippen LogP contribution is 2.41. The Kier molecular flexibility index (Phi) is 8.26. The number of hydrogen-bond acceptors (Lipinski definition) is 5. The fourth-order valence-corrected chi connectivity index (χ4v) is 4.08. The van der Waals surface area contributed by atoms with Crippen LogP contribution < -0.4 is 14.8 Å². The van der Waals surface area contributed by atoms with Gasteiger partial charge in [0, 0.05) is 43.9 Å². The second-order valence-electron chi connectivity index (χ2n) is 8.62. The Morgan fingerprint density at radius 1 is 1.38 bits per heavy atom. The van der Waals surface area contributed by atoms with E-state index in [-0.39, 0.29) is 35.7 Å². The van der Waals surface area contributed by atoms with Crippen LogP contribution >= 0.6 is 24.0 Å². The molecule has 1 unspecified atom stereocenters. The number of nitrogens with zero attached hydrogens (tertiary/aromatic N) is 4. The number of rotatable bonds is 6. The number of nitrogens with one attached hydrogen (secondary N) is 1. The number of fused-ring (bicyclic) bond motifs is 1. The van der Waals surface area contributed by atoms with Gasteiger partial charge in [-0.05, 0) is 26.8 Å². The van der Waals surface area contributed by atoms with Crippen molar-refractivity contribution in [2.24, 2.45) is 12.0 Å². The number of benzene rings is 1. The van der Waals surface area contributed by atoms with Crippen LogP contribution in [0.3, 0.4) is 0 Å². The van der Waals surface area contributed by atoms with Crippen LogP contribution in [0.15, 0.2) is 35.6 Å². The Balaban J connectivity index is 0.00000289. The van der Waals surface area contributed by atoms with E-state index in [4.69, 9.17) is 19.2 Å². The maximum atomic E-state index is 6.09. The summed E-state index contributed by atoms with van der Waals surface area (Å²) in [6, 6.07) is 6.10. The molecule has 0 bridgehead atoms. The maximum absolute atomic E-state index is 6.09. The van der Waals surface area contributed by atoms with Crippen LogP contribution in [0.2, 0.25) is 0 Å². The summed E-state index contributed by atoms with van der Waals surface area (Å²) >= 11 is 0. The van der Waals surface area contributed by atoms with Gasteiger partial charge in [0.05, 0.1) is 25.9 Å². The number of para-hydroxylation sites is 1. The highest BCUT2D eigenvalue weighted by atomic mass is 127. The summed E-state index contributed by atoms with van der Waals surface area (Å²) in [7, 11) is 1.92. The molecule has 0 aliphatic carbocycles. The first-order valence-electron chi connectivity index (χ1n) is 11.0. The Bertz CT molecular complexity index is 930. The van der Waals surface area contributed by atoms with E-state index in [0.29, 0.717) is 19.8 Å². The third-order valence-electron chi connectivity index (χ3n) is 5.46. The number of ether oxygens (including phenoxy) is 3.